The topological polar surface area (TPSA) is 130 Å². The van der Waals surface area contributed by atoms with Crippen molar-refractivity contribution in [1.82, 2.24) is 19.0 Å². The quantitative estimate of drug-likeness (QED) is 0.552. The molecular formula is C17H17ClF4N4O5S. The summed E-state index contributed by atoms with van der Waals surface area (Å²) in [6, 6.07) is 0.935. The van der Waals surface area contributed by atoms with Crippen molar-refractivity contribution in [3.63, 3.8) is 0 Å². The number of amides is 1. The molecule has 3 N–H and O–H groups in total. The molecule has 0 atom stereocenters. The van der Waals surface area contributed by atoms with Crippen molar-refractivity contribution in [2.75, 3.05) is 0 Å². The molecule has 32 heavy (non-hydrogen) atoms. The van der Waals surface area contributed by atoms with Crippen LogP contribution in [0, 0.1) is 5.82 Å². The van der Waals surface area contributed by atoms with Crippen molar-refractivity contribution in [2.45, 2.75) is 32.5 Å². The molecule has 0 spiro atoms. The Labute approximate surface area is 183 Å². The van der Waals surface area contributed by atoms with Crippen molar-refractivity contribution >= 4 is 27.7 Å². The maximum Gasteiger partial charge on any atom is 0.432 e. The van der Waals surface area contributed by atoms with Gasteiger partial charge in [0.15, 0.2) is 0 Å². The van der Waals surface area contributed by atoms with Gasteiger partial charge in [0.2, 0.25) is 0 Å². The van der Waals surface area contributed by atoms with Gasteiger partial charge >= 0.3 is 22.1 Å². The van der Waals surface area contributed by atoms with Crippen LogP contribution in [0.4, 0.5) is 17.6 Å². The van der Waals surface area contributed by atoms with E-state index in [1.807, 2.05) is 0 Å². The van der Waals surface area contributed by atoms with Gasteiger partial charge in [0.25, 0.3) is 11.5 Å². The summed E-state index contributed by atoms with van der Waals surface area (Å²) < 4.78 is 83.2. The number of aromatic amines is 1. The standard InChI is InChI=1S/C17H17ClF4N4O5S/c1-16(2,3)25-32(30,31)24-13(27)7-5-8(10(19)6-9(7)18)11-12(17(20,21)22)26(4)15(29)23-14(11)28/h5-6,25H,1-4H3,(H,24,27)(H,23,28,29). The largest absolute Gasteiger partial charge is 0.432 e. The monoisotopic (exact) mass is 500 g/mol. The number of halogens is 5. The first-order valence-corrected chi connectivity index (χ1v) is 10.5. The maximum atomic E-state index is 14.6. The average molecular weight is 501 g/mol. The minimum atomic E-state index is -5.26. The molecule has 1 aromatic carbocycles. The fraction of sp³-hybridized carbons (Fsp3) is 0.353. The molecule has 0 aliphatic heterocycles. The van der Waals surface area contributed by atoms with Crippen molar-refractivity contribution in [3.8, 4) is 11.1 Å². The number of rotatable bonds is 4. The van der Waals surface area contributed by atoms with E-state index >= 15 is 0 Å². The van der Waals surface area contributed by atoms with E-state index in [2.05, 4.69) is 4.72 Å². The number of carbonyl (C=O) groups excluding carboxylic acids is 1. The number of benzene rings is 1. The Balaban J connectivity index is 2.73. The Morgan fingerprint density at radius 3 is 2.22 bits per heavy atom. The zero-order valence-corrected chi connectivity index (χ0v) is 18.5. The molecule has 1 aromatic heterocycles. The fourth-order valence-electron chi connectivity index (χ4n) is 2.72. The smallest absolute Gasteiger partial charge is 0.292 e. The molecule has 1 heterocycles. The average Bonchev–Trinajstić information content (AvgIpc) is 2.54. The van der Waals surface area contributed by atoms with Crippen molar-refractivity contribution in [1.29, 1.82) is 0 Å². The number of aromatic nitrogens is 2. The van der Waals surface area contributed by atoms with Gasteiger partial charge in [-0.2, -0.15) is 26.3 Å². The molecule has 0 aliphatic carbocycles. The van der Waals surface area contributed by atoms with E-state index in [0.29, 0.717) is 19.2 Å². The molecule has 15 heteroatoms. The zero-order valence-electron chi connectivity index (χ0n) is 16.9. The van der Waals surface area contributed by atoms with E-state index in [-0.39, 0.29) is 4.57 Å². The van der Waals surface area contributed by atoms with Gasteiger partial charge in [0, 0.05) is 18.2 Å². The summed E-state index contributed by atoms with van der Waals surface area (Å²) in [4.78, 5) is 37.9. The molecule has 0 fully saturated rings. The van der Waals surface area contributed by atoms with Gasteiger partial charge in [-0.3, -0.25) is 19.1 Å². The SMILES string of the molecule is Cn1c(C(F)(F)F)c(-c2cc(C(=O)NS(=O)(=O)NC(C)(C)C)c(Cl)cc2F)c(=O)[nH]c1=O. The van der Waals surface area contributed by atoms with Crippen LogP contribution >= 0.6 is 11.6 Å². The second-order valence-electron chi connectivity index (χ2n) is 7.64. The minimum absolute atomic E-state index is 0.0578. The van der Waals surface area contributed by atoms with Crippen LogP contribution in [-0.4, -0.2) is 29.4 Å². The number of hydrogen-bond donors (Lipinski definition) is 3. The van der Waals surface area contributed by atoms with Gasteiger partial charge in [0.05, 0.1) is 16.1 Å². The third-order valence-electron chi connectivity index (χ3n) is 3.83. The van der Waals surface area contributed by atoms with Gasteiger partial charge in [-0.15, -0.1) is 0 Å². The summed E-state index contributed by atoms with van der Waals surface area (Å²) >= 11 is 5.79. The molecule has 2 rings (SSSR count). The van der Waals surface area contributed by atoms with E-state index in [1.54, 1.807) is 9.71 Å². The first-order chi connectivity index (χ1) is 14.3. The van der Waals surface area contributed by atoms with E-state index in [0.717, 1.165) is 0 Å². The zero-order chi connectivity index (χ0) is 24.8. The summed E-state index contributed by atoms with van der Waals surface area (Å²) in [5.41, 5.74) is -8.80. The molecule has 0 aliphatic rings. The summed E-state index contributed by atoms with van der Waals surface area (Å²) in [5, 5.41) is -0.635. The van der Waals surface area contributed by atoms with Gasteiger partial charge in [-0.25, -0.2) is 13.9 Å². The van der Waals surface area contributed by atoms with Crippen LogP contribution < -0.4 is 20.7 Å². The molecule has 9 nitrogen and oxygen atoms in total. The summed E-state index contributed by atoms with van der Waals surface area (Å²) in [6.07, 6.45) is -5.26. The molecule has 0 radical (unpaired) electrons. The number of nitrogens with one attached hydrogen (secondary N) is 3. The predicted octanol–water partition coefficient (Wildman–Crippen LogP) is 1.91. The lowest BCUT2D eigenvalue weighted by atomic mass is 10.0. The predicted molar refractivity (Wildman–Crippen MR) is 107 cm³/mol. The molecule has 0 bridgehead atoms. The lowest BCUT2D eigenvalue weighted by Crippen LogP contribution is -2.48. The Morgan fingerprint density at radius 2 is 1.72 bits per heavy atom. The Kier molecular flexibility index (Phi) is 6.65. The second-order valence-corrected chi connectivity index (χ2v) is 9.46. The van der Waals surface area contributed by atoms with Crippen LogP contribution in [-0.2, 0) is 23.4 Å². The Bertz CT molecular complexity index is 1310. The lowest BCUT2D eigenvalue weighted by Gasteiger charge is -2.20. The number of nitrogens with zero attached hydrogens (tertiary/aromatic N) is 1. The Morgan fingerprint density at radius 1 is 1.16 bits per heavy atom. The summed E-state index contributed by atoms with van der Waals surface area (Å²) in [6.45, 7) is 4.43. The number of alkyl halides is 3. The number of H-pyrrole nitrogens is 1. The van der Waals surface area contributed by atoms with E-state index in [9.17, 15) is 40.4 Å². The Hall–Kier alpha value is -2.71. The third-order valence-corrected chi connectivity index (χ3v) is 5.48. The normalized spacial score (nSPS) is 12.7. The molecule has 1 amide bonds. The lowest BCUT2D eigenvalue weighted by molar-refractivity contribution is -0.143. The van der Waals surface area contributed by atoms with Crippen LogP contribution in [0.5, 0.6) is 0 Å². The molecule has 0 unspecified atom stereocenters. The second kappa shape index (κ2) is 8.33. The van der Waals surface area contributed by atoms with E-state index in [4.69, 9.17) is 11.6 Å². The highest BCUT2D eigenvalue weighted by Crippen LogP contribution is 2.36. The number of carbonyl (C=O) groups is 1. The first-order valence-electron chi connectivity index (χ1n) is 8.60. The van der Waals surface area contributed by atoms with Gasteiger partial charge < -0.3 is 0 Å². The van der Waals surface area contributed by atoms with Gasteiger partial charge in [-0.05, 0) is 32.9 Å². The molecule has 2 aromatic rings. The molecule has 176 valence electrons. The highest BCUT2D eigenvalue weighted by atomic mass is 35.5. The van der Waals surface area contributed by atoms with Crippen LogP contribution in [0.15, 0.2) is 21.7 Å². The van der Waals surface area contributed by atoms with Gasteiger partial charge in [-0.1, -0.05) is 11.6 Å². The van der Waals surface area contributed by atoms with Crippen LogP contribution in [0.1, 0.15) is 36.8 Å². The van der Waals surface area contributed by atoms with Crippen molar-refractivity contribution in [3.05, 3.63) is 55.1 Å². The van der Waals surface area contributed by atoms with Gasteiger partial charge in [0.1, 0.15) is 11.5 Å². The van der Waals surface area contributed by atoms with Crippen molar-refractivity contribution < 1.29 is 30.8 Å². The highest BCUT2D eigenvalue weighted by Gasteiger charge is 2.39. The minimum Gasteiger partial charge on any atom is -0.292 e. The first kappa shape index (κ1) is 25.5. The molecule has 0 saturated carbocycles. The van der Waals surface area contributed by atoms with E-state index in [1.165, 1.54) is 20.8 Å². The van der Waals surface area contributed by atoms with Crippen LogP contribution in [0.3, 0.4) is 0 Å². The van der Waals surface area contributed by atoms with Crippen molar-refractivity contribution in [2.24, 2.45) is 7.05 Å². The van der Waals surface area contributed by atoms with E-state index < -0.39 is 72.3 Å². The summed E-state index contributed by atoms with van der Waals surface area (Å²) in [7, 11) is -3.73. The fourth-order valence-corrected chi connectivity index (χ4v) is 4.17. The van der Waals surface area contributed by atoms with Crippen LogP contribution in [0.2, 0.25) is 5.02 Å². The summed E-state index contributed by atoms with van der Waals surface area (Å²) in [5.74, 6) is -2.82. The maximum absolute atomic E-state index is 14.6. The highest BCUT2D eigenvalue weighted by molar-refractivity contribution is 7.88. The number of hydrogen-bond acceptors (Lipinski definition) is 5. The third kappa shape index (κ3) is 5.55. The van der Waals surface area contributed by atoms with Crippen LogP contribution in [0.25, 0.3) is 11.1 Å². The molecule has 0 saturated heterocycles. The molecular weight excluding hydrogens is 484 g/mol.